The predicted molar refractivity (Wildman–Crippen MR) is 72.0 cm³/mol. The van der Waals surface area contributed by atoms with Gasteiger partial charge in [0.25, 0.3) is 5.69 Å². The SMILES string of the molecule is CCCC(COC)Nc1cc(C)ccc1[N+](=O)[O-]. The molecular weight excluding hydrogens is 232 g/mol. The highest BCUT2D eigenvalue weighted by Crippen LogP contribution is 2.26. The van der Waals surface area contributed by atoms with E-state index in [1.165, 1.54) is 6.07 Å². The molecule has 0 heterocycles. The first-order valence-electron chi connectivity index (χ1n) is 6.09. The van der Waals surface area contributed by atoms with Crippen molar-refractivity contribution in [2.75, 3.05) is 19.0 Å². The van der Waals surface area contributed by atoms with Crippen LogP contribution in [0.15, 0.2) is 18.2 Å². The fourth-order valence-corrected chi connectivity index (χ4v) is 1.89. The minimum Gasteiger partial charge on any atom is -0.383 e. The summed E-state index contributed by atoms with van der Waals surface area (Å²) >= 11 is 0. The molecule has 0 amide bonds. The standard InChI is InChI=1S/C13H20N2O3/c1-4-5-11(9-18-3)14-12-8-10(2)6-7-13(12)15(16)17/h6-8,11,14H,4-5,9H2,1-3H3. The molecule has 5 heteroatoms. The third-order valence-corrected chi connectivity index (χ3v) is 2.71. The van der Waals surface area contributed by atoms with Crippen molar-refractivity contribution in [2.45, 2.75) is 32.7 Å². The van der Waals surface area contributed by atoms with Gasteiger partial charge >= 0.3 is 0 Å². The van der Waals surface area contributed by atoms with E-state index in [2.05, 4.69) is 12.2 Å². The van der Waals surface area contributed by atoms with E-state index < -0.39 is 0 Å². The molecular formula is C13H20N2O3. The van der Waals surface area contributed by atoms with Crippen LogP contribution < -0.4 is 5.32 Å². The zero-order valence-electron chi connectivity index (χ0n) is 11.1. The molecule has 18 heavy (non-hydrogen) atoms. The van der Waals surface area contributed by atoms with E-state index in [0.717, 1.165) is 18.4 Å². The molecule has 0 saturated carbocycles. The minimum absolute atomic E-state index is 0.0977. The largest absolute Gasteiger partial charge is 0.383 e. The van der Waals surface area contributed by atoms with Crippen LogP contribution >= 0.6 is 0 Å². The highest BCUT2D eigenvalue weighted by molar-refractivity contribution is 5.63. The van der Waals surface area contributed by atoms with Crippen molar-refractivity contribution in [1.82, 2.24) is 0 Å². The molecule has 1 aromatic rings. The van der Waals surface area contributed by atoms with Crippen LogP contribution in [0.1, 0.15) is 25.3 Å². The zero-order chi connectivity index (χ0) is 13.5. The number of nitrogens with zero attached hydrogens (tertiary/aromatic N) is 1. The summed E-state index contributed by atoms with van der Waals surface area (Å²) < 4.78 is 5.13. The second-order valence-electron chi connectivity index (χ2n) is 4.36. The van der Waals surface area contributed by atoms with E-state index in [1.807, 2.05) is 6.92 Å². The Bertz CT molecular complexity index is 401. The van der Waals surface area contributed by atoms with E-state index in [4.69, 9.17) is 4.74 Å². The molecule has 0 aromatic heterocycles. The fraction of sp³-hybridized carbons (Fsp3) is 0.538. The molecule has 0 fully saturated rings. The van der Waals surface area contributed by atoms with Crippen LogP contribution in [0, 0.1) is 17.0 Å². The van der Waals surface area contributed by atoms with Crippen LogP contribution in [0.2, 0.25) is 0 Å². The number of benzene rings is 1. The number of hydrogen-bond donors (Lipinski definition) is 1. The Kier molecular flexibility index (Phi) is 5.58. The van der Waals surface area contributed by atoms with Crippen molar-refractivity contribution in [3.63, 3.8) is 0 Å². The van der Waals surface area contributed by atoms with Crippen LogP contribution in [0.5, 0.6) is 0 Å². The summed E-state index contributed by atoms with van der Waals surface area (Å²) in [6.45, 7) is 4.54. The zero-order valence-corrected chi connectivity index (χ0v) is 11.1. The van der Waals surface area contributed by atoms with Gasteiger partial charge in [-0.1, -0.05) is 19.4 Å². The van der Waals surface area contributed by atoms with Crippen LogP contribution in [0.3, 0.4) is 0 Å². The van der Waals surface area contributed by atoms with Gasteiger partial charge in [0.15, 0.2) is 0 Å². The van der Waals surface area contributed by atoms with Gasteiger partial charge in [-0.05, 0) is 25.0 Å². The second-order valence-corrected chi connectivity index (χ2v) is 4.36. The Labute approximate surface area is 107 Å². The lowest BCUT2D eigenvalue weighted by Gasteiger charge is -2.18. The van der Waals surface area contributed by atoms with Crippen molar-refractivity contribution < 1.29 is 9.66 Å². The van der Waals surface area contributed by atoms with Gasteiger partial charge in [-0.15, -0.1) is 0 Å². The lowest BCUT2D eigenvalue weighted by atomic mass is 10.1. The third-order valence-electron chi connectivity index (χ3n) is 2.71. The molecule has 1 rings (SSSR count). The molecule has 1 unspecified atom stereocenters. The number of ether oxygens (including phenoxy) is 1. The quantitative estimate of drug-likeness (QED) is 0.598. The highest BCUT2D eigenvalue weighted by Gasteiger charge is 2.16. The maximum atomic E-state index is 11.0. The van der Waals surface area contributed by atoms with Crippen molar-refractivity contribution in [1.29, 1.82) is 0 Å². The van der Waals surface area contributed by atoms with E-state index in [0.29, 0.717) is 12.3 Å². The summed E-state index contributed by atoms with van der Waals surface area (Å²) in [5, 5.41) is 14.2. The summed E-state index contributed by atoms with van der Waals surface area (Å²) in [6, 6.07) is 5.18. The van der Waals surface area contributed by atoms with Crippen molar-refractivity contribution in [2.24, 2.45) is 0 Å². The Balaban J connectivity index is 2.92. The van der Waals surface area contributed by atoms with Gasteiger partial charge < -0.3 is 10.1 Å². The van der Waals surface area contributed by atoms with E-state index in [-0.39, 0.29) is 16.7 Å². The Hall–Kier alpha value is -1.62. The molecule has 0 aliphatic heterocycles. The molecule has 0 bridgehead atoms. The molecule has 1 aromatic carbocycles. The van der Waals surface area contributed by atoms with Gasteiger partial charge in [-0.3, -0.25) is 10.1 Å². The summed E-state index contributed by atoms with van der Waals surface area (Å²) in [5.41, 5.74) is 1.67. The molecule has 1 atom stereocenters. The van der Waals surface area contributed by atoms with Crippen LogP contribution in [0.25, 0.3) is 0 Å². The number of rotatable bonds is 7. The molecule has 0 aliphatic rings. The molecule has 1 N–H and O–H groups in total. The third kappa shape index (κ3) is 4.00. The van der Waals surface area contributed by atoms with Gasteiger partial charge in [0.2, 0.25) is 0 Å². The Morgan fingerprint density at radius 2 is 2.22 bits per heavy atom. The minimum atomic E-state index is -0.364. The Morgan fingerprint density at radius 3 is 2.78 bits per heavy atom. The molecule has 5 nitrogen and oxygen atoms in total. The molecule has 0 saturated heterocycles. The molecule has 0 spiro atoms. The van der Waals surface area contributed by atoms with Crippen LogP contribution in [-0.4, -0.2) is 24.7 Å². The maximum Gasteiger partial charge on any atom is 0.292 e. The summed E-state index contributed by atoms with van der Waals surface area (Å²) in [4.78, 5) is 10.6. The van der Waals surface area contributed by atoms with Crippen LogP contribution in [0.4, 0.5) is 11.4 Å². The van der Waals surface area contributed by atoms with Crippen molar-refractivity contribution in [3.8, 4) is 0 Å². The monoisotopic (exact) mass is 252 g/mol. The number of methoxy groups -OCH3 is 1. The Morgan fingerprint density at radius 1 is 1.50 bits per heavy atom. The first-order chi connectivity index (χ1) is 8.58. The lowest BCUT2D eigenvalue weighted by molar-refractivity contribution is -0.384. The van der Waals surface area contributed by atoms with Crippen molar-refractivity contribution >= 4 is 11.4 Å². The summed E-state index contributed by atoms with van der Waals surface area (Å²) in [7, 11) is 1.63. The van der Waals surface area contributed by atoms with Gasteiger partial charge in [0.1, 0.15) is 5.69 Å². The lowest BCUT2D eigenvalue weighted by Crippen LogP contribution is -2.25. The van der Waals surface area contributed by atoms with Gasteiger partial charge in [0, 0.05) is 19.2 Å². The topological polar surface area (TPSA) is 64.4 Å². The normalized spacial score (nSPS) is 12.2. The summed E-state index contributed by atoms with van der Waals surface area (Å²) in [6.07, 6.45) is 1.92. The summed E-state index contributed by atoms with van der Waals surface area (Å²) in [5.74, 6) is 0. The van der Waals surface area contributed by atoms with Gasteiger partial charge in [0.05, 0.1) is 11.5 Å². The second kappa shape index (κ2) is 6.96. The fourth-order valence-electron chi connectivity index (χ4n) is 1.89. The maximum absolute atomic E-state index is 11.0. The molecule has 0 aliphatic carbocycles. The van der Waals surface area contributed by atoms with Gasteiger partial charge in [-0.2, -0.15) is 0 Å². The number of hydrogen-bond acceptors (Lipinski definition) is 4. The highest BCUT2D eigenvalue weighted by atomic mass is 16.6. The number of anilines is 1. The first-order valence-corrected chi connectivity index (χ1v) is 6.09. The van der Waals surface area contributed by atoms with E-state index in [1.54, 1.807) is 19.2 Å². The van der Waals surface area contributed by atoms with E-state index in [9.17, 15) is 10.1 Å². The van der Waals surface area contributed by atoms with Crippen molar-refractivity contribution in [3.05, 3.63) is 33.9 Å². The van der Waals surface area contributed by atoms with Gasteiger partial charge in [-0.25, -0.2) is 0 Å². The number of nitro groups is 1. The van der Waals surface area contributed by atoms with Crippen LogP contribution in [-0.2, 0) is 4.74 Å². The molecule has 0 radical (unpaired) electrons. The first kappa shape index (κ1) is 14.4. The predicted octanol–water partition coefficient (Wildman–Crippen LogP) is 3.13. The smallest absolute Gasteiger partial charge is 0.292 e. The number of nitro benzene ring substituents is 1. The van der Waals surface area contributed by atoms with E-state index >= 15 is 0 Å². The average Bonchev–Trinajstić information content (AvgIpc) is 2.29. The average molecular weight is 252 g/mol. The number of aryl methyl sites for hydroxylation is 1. The molecule has 100 valence electrons. The number of nitrogens with one attached hydrogen (secondary N) is 1.